The van der Waals surface area contributed by atoms with Crippen LogP contribution in [0.15, 0.2) is 10.2 Å². The van der Waals surface area contributed by atoms with Crippen molar-refractivity contribution in [2.24, 2.45) is 10.2 Å². The Bertz CT molecular complexity index is 413. The summed E-state index contributed by atoms with van der Waals surface area (Å²) in [5, 5.41) is 24.2. The van der Waals surface area contributed by atoms with Gasteiger partial charge in [0.25, 0.3) is 0 Å². The molecule has 0 saturated heterocycles. The van der Waals surface area contributed by atoms with E-state index in [1.54, 1.807) is 12.1 Å². The lowest BCUT2D eigenvalue weighted by atomic mass is 10.3. The van der Waals surface area contributed by atoms with Crippen LogP contribution in [0.3, 0.4) is 0 Å². The van der Waals surface area contributed by atoms with Crippen molar-refractivity contribution in [1.29, 1.82) is 10.5 Å². The van der Waals surface area contributed by atoms with Gasteiger partial charge in [-0.05, 0) is 0 Å². The Hall–Kier alpha value is -2.08. The van der Waals surface area contributed by atoms with Crippen LogP contribution < -0.4 is 0 Å². The van der Waals surface area contributed by atoms with Crippen LogP contribution in [-0.4, -0.2) is 22.6 Å². The molecule has 2 saturated carbocycles. The van der Waals surface area contributed by atoms with E-state index in [1.165, 1.54) is 0 Å². The summed E-state index contributed by atoms with van der Waals surface area (Å²) in [6.07, 6.45) is 0.0609. The van der Waals surface area contributed by atoms with Gasteiger partial charge in [-0.1, -0.05) is 0 Å². The van der Waals surface area contributed by atoms with Crippen LogP contribution in [0.1, 0.15) is 12.8 Å². The number of hydrogen-bond donors (Lipinski definition) is 0. The minimum absolute atomic E-state index is 0.0305. The summed E-state index contributed by atoms with van der Waals surface area (Å²) in [4.78, 5) is 21.6. The quantitative estimate of drug-likeness (QED) is 0.564. The third kappa shape index (κ3) is 0.944. The first-order valence-electron chi connectivity index (χ1n) is 3.92. The fraction of sp³-hybridized carbons (Fsp3) is 0.500. The normalized spacial score (nSPS) is 39.3. The van der Waals surface area contributed by atoms with Gasteiger partial charge in [-0.15, -0.1) is 0 Å². The largest absolute Gasteiger partial charge is 0.295 e. The number of nitrogens with zero attached hydrogens (tertiary/aromatic N) is 4. The summed E-state index contributed by atoms with van der Waals surface area (Å²) in [5.41, 5.74) is -2.79. The molecule has 6 nitrogen and oxygen atoms in total. The predicted molar refractivity (Wildman–Crippen MR) is 40.8 cm³/mol. The van der Waals surface area contributed by atoms with E-state index in [0.29, 0.717) is 0 Å². The molecule has 0 radical (unpaired) electrons. The highest BCUT2D eigenvalue weighted by Gasteiger charge is 2.60. The van der Waals surface area contributed by atoms with Gasteiger partial charge in [-0.3, -0.25) is 9.59 Å². The van der Waals surface area contributed by atoms with Gasteiger partial charge in [0.15, 0.2) is 11.6 Å². The Labute approximate surface area is 78.8 Å². The summed E-state index contributed by atoms with van der Waals surface area (Å²) >= 11 is 0. The fourth-order valence-electron chi connectivity index (χ4n) is 0.978. The number of rotatable bonds is 2. The molecular formula is C8H4N4O2. The summed E-state index contributed by atoms with van der Waals surface area (Å²) in [7, 11) is 0. The molecule has 0 bridgehead atoms. The summed E-state index contributed by atoms with van der Waals surface area (Å²) in [6, 6.07) is 3.42. The van der Waals surface area contributed by atoms with Crippen LogP contribution in [0.4, 0.5) is 0 Å². The summed E-state index contributed by atoms with van der Waals surface area (Å²) in [6.45, 7) is 0. The topological polar surface area (TPSA) is 106 Å². The molecule has 0 aliphatic heterocycles. The van der Waals surface area contributed by atoms with Crippen LogP contribution in [0, 0.1) is 22.7 Å². The molecule has 0 aromatic rings. The number of nitriles is 2. The van der Waals surface area contributed by atoms with Crippen LogP contribution in [0.25, 0.3) is 0 Å². The molecule has 2 aliphatic carbocycles. The second kappa shape index (κ2) is 2.24. The van der Waals surface area contributed by atoms with Crippen molar-refractivity contribution in [2.75, 3.05) is 0 Å². The maximum Gasteiger partial charge on any atom is 0.231 e. The van der Waals surface area contributed by atoms with Crippen molar-refractivity contribution < 1.29 is 9.59 Å². The number of Topliss-reactive ketones (excluding diaryl/α,β-unsaturated/α-hetero) is 2. The molecule has 2 unspecified atom stereocenters. The molecule has 2 aliphatic rings. The second-order valence-electron chi connectivity index (χ2n) is 3.34. The van der Waals surface area contributed by atoms with Crippen LogP contribution in [0.2, 0.25) is 0 Å². The molecule has 2 fully saturated rings. The Morgan fingerprint density at radius 1 is 1.00 bits per heavy atom. The fourth-order valence-corrected chi connectivity index (χ4v) is 0.978. The van der Waals surface area contributed by atoms with E-state index in [0.717, 1.165) is 0 Å². The van der Waals surface area contributed by atoms with Crippen molar-refractivity contribution in [3.8, 4) is 12.1 Å². The van der Waals surface area contributed by atoms with Gasteiger partial charge in [0.05, 0.1) is 12.8 Å². The van der Waals surface area contributed by atoms with Crippen LogP contribution >= 0.6 is 0 Å². The molecule has 2 atom stereocenters. The Balaban J connectivity index is 2.18. The molecule has 0 spiro atoms. The van der Waals surface area contributed by atoms with Crippen LogP contribution in [0.5, 0.6) is 0 Å². The van der Waals surface area contributed by atoms with Crippen molar-refractivity contribution in [3.05, 3.63) is 0 Å². The zero-order valence-corrected chi connectivity index (χ0v) is 7.02. The Morgan fingerprint density at radius 3 is 1.43 bits per heavy atom. The Kier molecular flexibility index (Phi) is 1.36. The van der Waals surface area contributed by atoms with E-state index < -0.39 is 11.1 Å². The molecule has 0 N–H and O–H groups in total. The first-order chi connectivity index (χ1) is 6.58. The van der Waals surface area contributed by atoms with Gasteiger partial charge in [-0.2, -0.15) is 20.8 Å². The van der Waals surface area contributed by atoms with E-state index in [2.05, 4.69) is 10.2 Å². The van der Waals surface area contributed by atoms with Crippen molar-refractivity contribution in [1.82, 2.24) is 0 Å². The highest BCUT2D eigenvalue weighted by atomic mass is 16.1. The lowest BCUT2D eigenvalue weighted by Crippen LogP contribution is -2.09. The third-order valence-corrected chi connectivity index (χ3v) is 2.27. The van der Waals surface area contributed by atoms with Crippen molar-refractivity contribution >= 4 is 11.6 Å². The SMILES string of the molecule is N#CC1(N=NC2(C#N)CC2=O)CC1=O. The first kappa shape index (κ1) is 8.52. The minimum Gasteiger partial charge on any atom is -0.295 e. The van der Waals surface area contributed by atoms with Crippen LogP contribution in [-0.2, 0) is 9.59 Å². The summed E-state index contributed by atoms with van der Waals surface area (Å²) < 4.78 is 0. The van der Waals surface area contributed by atoms with Gasteiger partial charge in [0.1, 0.15) is 12.1 Å². The van der Waals surface area contributed by atoms with Gasteiger partial charge in [-0.25, -0.2) is 0 Å². The lowest BCUT2D eigenvalue weighted by molar-refractivity contribution is -0.112. The molecule has 0 amide bonds. The lowest BCUT2D eigenvalue weighted by Gasteiger charge is -1.94. The zero-order chi connectivity index (χ0) is 10.4. The average molecular weight is 188 g/mol. The van der Waals surface area contributed by atoms with E-state index >= 15 is 0 Å². The van der Waals surface area contributed by atoms with Gasteiger partial charge < -0.3 is 0 Å². The third-order valence-electron chi connectivity index (χ3n) is 2.27. The van der Waals surface area contributed by atoms with Gasteiger partial charge in [0, 0.05) is 0 Å². The van der Waals surface area contributed by atoms with E-state index in [-0.39, 0.29) is 24.4 Å². The van der Waals surface area contributed by atoms with Crippen molar-refractivity contribution in [3.63, 3.8) is 0 Å². The predicted octanol–water partition coefficient (Wildman–Crippen LogP) is -0.0910. The molecule has 6 heteroatoms. The molecule has 0 aromatic carbocycles. The Morgan fingerprint density at radius 2 is 1.29 bits per heavy atom. The van der Waals surface area contributed by atoms with Crippen molar-refractivity contribution in [2.45, 2.75) is 23.9 Å². The summed E-state index contributed by atoms with van der Waals surface area (Å²) in [5.74, 6) is -0.630. The number of hydrogen-bond acceptors (Lipinski definition) is 6. The minimum atomic E-state index is -1.40. The standard InChI is InChI=1S/C8H4N4O2/c9-3-7(1-5(7)13)11-12-8(4-10)2-6(8)14/h1-2H2. The van der Waals surface area contributed by atoms with E-state index in [9.17, 15) is 9.59 Å². The molecule has 0 heterocycles. The highest BCUT2D eigenvalue weighted by Crippen LogP contribution is 2.39. The van der Waals surface area contributed by atoms with E-state index in [1.807, 2.05) is 0 Å². The smallest absolute Gasteiger partial charge is 0.231 e. The van der Waals surface area contributed by atoms with Gasteiger partial charge >= 0.3 is 0 Å². The van der Waals surface area contributed by atoms with E-state index in [4.69, 9.17) is 10.5 Å². The maximum atomic E-state index is 10.8. The highest BCUT2D eigenvalue weighted by molar-refractivity contribution is 6.09. The molecule has 14 heavy (non-hydrogen) atoms. The number of azo groups is 1. The molecule has 0 aromatic heterocycles. The van der Waals surface area contributed by atoms with Gasteiger partial charge in [0.2, 0.25) is 11.1 Å². The molecule has 68 valence electrons. The average Bonchev–Trinajstić information content (AvgIpc) is 3.02. The second-order valence-corrected chi connectivity index (χ2v) is 3.34. The maximum absolute atomic E-state index is 10.8. The number of carbonyl (C=O) groups excluding carboxylic acids is 2. The molecule has 2 rings (SSSR count). The number of carbonyl (C=O) groups is 2. The number of ketones is 2. The monoisotopic (exact) mass is 188 g/mol. The first-order valence-corrected chi connectivity index (χ1v) is 3.92. The molecular weight excluding hydrogens is 184 g/mol. The zero-order valence-electron chi connectivity index (χ0n) is 7.02.